The molecule has 0 aliphatic heterocycles. The number of carboxylic acids is 1. The van der Waals surface area contributed by atoms with E-state index in [0.29, 0.717) is 19.6 Å². The highest BCUT2D eigenvalue weighted by Gasteiger charge is 2.26. The Bertz CT molecular complexity index is 285. The first-order valence-corrected chi connectivity index (χ1v) is 6.37. The molecular weight excluding hydrogens is 252 g/mol. The van der Waals surface area contributed by atoms with Crippen molar-refractivity contribution >= 4 is 12.0 Å². The molecule has 112 valence electrons. The SMILES string of the molecule is CC[C@H](C)[C@H](NC(=O)N(C)CCOCCO)C(=O)O. The van der Waals surface area contributed by atoms with Gasteiger partial charge in [-0.2, -0.15) is 0 Å². The topological polar surface area (TPSA) is 99.1 Å². The second-order valence-corrected chi connectivity index (χ2v) is 4.41. The fourth-order valence-electron chi connectivity index (χ4n) is 1.40. The van der Waals surface area contributed by atoms with Gasteiger partial charge >= 0.3 is 12.0 Å². The van der Waals surface area contributed by atoms with E-state index in [-0.39, 0.29) is 19.1 Å². The average Bonchev–Trinajstić information content (AvgIpc) is 2.39. The largest absolute Gasteiger partial charge is 0.480 e. The maximum absolute atomic E-state index is 11.8. The summed E-state index contributed by atoms with van der Waals surface area (Å²) in [4.78, 5) is 24.2. The van der Waals surface area contributed by atoms with Crippen molar-refractivity contribution < 1.29 is 24.5 Å². The van der Waals surface area contributed by atoms with Gasteiger partial charge in [0.25, 0.3) is 0 Å². The molecule has 7 heteroatoms. The molecule has 0 rings (SSSR count). The predicted molar refractivity (Wildman–Crippen MR) is 69.9 cm³/mol. The quantitative estimate of drug-likeness (QED) is 0.520. The lowest BCUT2D eigenvalue weighted by atomic mass is 9.99. The van der Waals surface area contributed by atoms with Gasteiger partial charge in [-0.3, -0.25) is 0 Å². The van der Waals surface area contributed by atoms with Crippen LogP contribution >= 0.6 is 0 Å². The Morgan fingerprint density at radius 2 is 2.00 bits per heavy atom. The van der Waals surface area contributed by atoms with Gasteiger partial charge in [0.05, 0.1) is 19.8 Å². The second-order valence-electron chi connectivity index (χ2n) is 4.41. The smallest absolute Gasteiger partial charge is 0.326 e. The first kappa shape index (κ1) is 17.7. The van der Waals surface area contributed by atoms with Crippen molar-refractivity contribution in [1.82, 2.24) is 10.2 Å². The third kappa shape index (κ3) is 6.97. The number of carboxylic acid groups (broad SMARTS) is 1. The Kier molecular flexibility index (Phi) is 8.90. The maximum Gasteiger partial charge on any atom is 0.326 e. The first-order valence-electron chi connectivity index (χ1n) is 6.37. The standard InChI is InChI=1S/C12H24N2O5/c1-4-9(2)10(11(16)17)13-12(18)14(3)5-7-19-8-6-15/h9-10,15H,4-8H2,1-3H3,(H,13,18)(H,16,17)/t9-,10-/m0/s1. The summed E-state index contributed by atoms with van der Waals surface area (Å²) in [6.07, 6.45) is 0.667. The van der Waals surface area contributed by atoms with Gasteiger partial charge < -0.3 is 25.2 Å². The highest BCUT2D eigenvalue weighted by Crippen LogP contribution is 2.08. The molecule has 2 atom stereocenters. The highest BCUT2D eigenvalue weighted by atomic mass is 16.5. The molecule has 0 aromatic heterocycles. The molecule has 0 aliphatic rings. The molecule has 0 aliphatic carbocycles. The molecule has 3 N–H and O–H groups in total. The molecule has 0 spiro atoms. The van der Waals surface area contributed by atoms with Crippen LogP contribution in [0.25, 0.3) is 0 Å². The number of aliphatic hydroxyl groups excluding tert-OH is 1. The van der Waals surface area contributed by atoms with Gasteiger partial charge in [0.15, 0.2) is 0 Å². The molecule has 0 saturated carbocycles. The number of hydrogen-bond acceptors (Lipinski definition) is 4. The van der Waals surface area contributed by atoms with Gasteiger partial charge in [-0.1, -0.05) is 20.3 Å². The number of urea groups is 1. The van der Waals surface area contributed by atoms with E-state index in [9.17, 15) is 9.59 Å². The minimum atomic E-state index is -1.03. The van der Waals surface area contributed by atoms with Gasteiger partial charge in [0.1, 0.15) is 6.04 Å². The van der Waals surface area contributed by atoms with E-state index in [4.69, 9.17) is 14.9 Å². The number of aliphatic hydroxyl groups is 1. The van der Waals surface area contributed by atoms with E-state index < -0.39 is 18.0 Å². The number of nitrogens with one attached hydrogen (secondary N) is 1. The molecule has 0 fully saturated rings. The van der Waals surface area contributed by atoms with Crippen LogP contribution in [0.1, 0.15) is 20.3 Å². The van der Waals surface area contributed by atoms with E-state index >= 15 is 0 Å². The second kappa shape index (κ2) is 9.57. The van der Waals surface area contributed by atoms with Gasteiger partial charge in [-0.15, -0.1) is 0 Å². The van der Waals surface area contributed by atoms with Crippen LogP contribution in [0.15, 0.2) is 0 Å². The number of carbonyl (C=O) groups excluding carboxylic acids is 1. The Morgan fingerprint density at radius 1 is 1.37 bits per heavy atom. The lowest BCUT2D eigenvalue weighted by Gasteiger charge is -2.24. The zero-order chi connectivity index (χ0) is 14.8. The molecule has 0 aromatic carbocycles. The molecule has 0 saturated heterocycles. The Morgan fingerprint density at radius 3 is 2.47 bits per heavy atom. The molecule has 19 heavy (non-hydrogen) atoms. The maximum atomic E-state index is 11.8. The molecular formula is C12H24N2O5. The number of rotatable bonds is 9. The Labute approximate surface area is 113 Å². The lowest BCUT2D eigenvalue weighted by molar-refractivity contribution is -0.140. The van der Waals surface area contributed by atoms with Crippen LogP contribution in [0.5, 0.6) is 0 Å². The summed E-state index contributed by atoms with van der Waals surface area (Å²) >= 11 is 0. The van der Waals surface area contributed by atoms with Crippen LogP contribution in [0.4, 0.5) is 4.79 Å². The number of hydrogen-bond donors (Lipinski definition) is 3. The number of amides is 2. The first-order chi connectivity index (χ1) is 8.93. The Balaban J connectivity index is 4.20. The lowest BCUT2D eigenvalue weighted by Crippen LogP contribution is -2.50. The van der Waals surface area contributed by atoms with E-state index in [1.807, 2.05) is 6.92 Å². The van der Waals surface area contributed by atoms with E-state index in [2.05, 4.69) is 5.32 Å². The minimum Gasteiger partial charge on any atom is -0.480 e. The van der Waals surface area contributed by atoms with Crippen molar-refractivity contribution in [2.24, 2.45) is 5.92 Å². The zero-order valence-corrected chi connectivity index (χ0v) is 11.8. The zero-order valence-electron chi connectivity index (χ0n) is 11.8. The third-order valence-corrected chi connectivity index (χ3v) is 2.91. The summed E-state index contributed by atoms with van der Waals surface area (Å²) in [5.41, 5.74) is 0. The molecule has 0 radical (unpaired) electrons. The number of nitrogens with zero attached hydrogens (tertiary/aromatic N) is 1. The highest BCUT2D eigenvalue weighted by molar-refractivity contribution is 5.82. The summed E-state index contributed by atoms with van der Waals surface area (Å²) in [6.45, 7) is 4.44. The number of carbonyl (C=O) groups is 2. The number of aliphatic carboxylic acids is 1. The van der Waals surface area contributed by atoms with Crippen molar-refractivity contribution in [3.63, 3.8) is 0 Å². The van der Waals surface area contributed by atoms with Crippen LogP contribution in [0.2, 0.25) is 0 Å². The van der Waals surface area contributed by atoms with Gasteiger partial charge in [-0.25, -0.2) is 9.59 Å². The van der Waals surface area contributed by atoms with Gasteiger partial charge in [0, 0.05) is 13.6 Å². The number of ether oxygens (including phenoxy) is 1. The summed E-state index contributed by atoms with van der Waals surface area (Å²) in [6, 6.07) is -1.33. The minimum absolute atomic E-state index is 0.0645. The van der Waals surface area contributed by atoms with Crippen LogP contribution in [0, 0.1) is 5.92 Å². The van der Waals surface area contributed by atoms with E-state index in [1.165, 1.54) is 4.90 Å². The monoisotopic (exact) mass is 276 g/mol. The van der Waals surface area contributed by atoms with Crippen molar-refractivity contribution in [2.45, 2.75) is 26.3 Å². The van der Waals surface area contributed by atoms with Crippen LogP contribution in [-0.2, 0) is 9.53 Å². The summed E-state index contributed by atoms with van der Waals surface area (Å²) in [5, 5.41) is 20.1. The van der Waals surface area contributed by atoms with E-state index in [0.717, 1.165) is 0 Å². The molecule has 2 amide bonds. The van der Waals surface area contributed by atoms with Crippen LogP contribution in [0.3, 0.4) is 0 Å². The van der Waals surface area contributed by atoms with Crippen molar-refractivity contribution in [3.8, 4) is 0 Å². The fourth-order valence-corrected chi connectivity index (χ4v) is 1.40. The third-order valence-electron chi connectivity index (χ3n) is 2.91. The van der Waals surface area contributed by atoms with Crippen molar-refractivity contribution in [2.75, 3.05) is 33.4 Å². The molecule has 7 nitrogen and oxygen atoms in total. The van der Waals surface area contributed by atoms with Crippen molar-refractivity contribution in [1.29, 1.82) is 0 Å². The molecule has 0 heterocycles. The van der Waals surface area contributed by atoms with Gasteiger partial charge in [-0.05, 0) is 5.92 Å². The normalized spacial score (nSPS) is 13.7. The summed E-state index contributed by atoms with van der Waals surface area (Å²) in [5.74, 6) is -1.17. The van der Waals surface area contributed by atoms with Crippen molar-refractivity contribution in [3.05, 3.63) is 0 Å². The Hall–Kier alpha value is -1.34. The molecule has 0 aromatic rings. The fraction of sp³-hybridized carbons (Fsp3) is 0.833. The summed E-state index contributed by atoms with van der Waals surface area (Å²) in [7, 11) is 1.56. The molecule has 0 unspecified atom stereocenters. The molecule has 0 bridgehead atoms. The van der Waals surface area contributed by atoms with E-state index in [1.54, 1.807) is 14.0 Å². The summed E-state index contributed by atoms with van der Waals surface area (Å²) < 4.78 is 5.04. The average molecular weight is 276 g/mol. The predicted octanol–water partition coefficient (Wildman–Crippen LogP) is 0.136. The van der Waals surface area contributed by atoms with Crippen LogP contribution < -0.4 is 5.32 Å². The van der Waals surface area contributed by atoms with Gasteiger partial charge in [0.2, 0.25) is 0 Å². The number of likely N-dealkylation sites (N-methyl/N-ethyl adjacent to an activating group) is 1. The van der Waals surface area contributed by atoms with Crippen LogP contribution in [-0.4, -0.2) is 66.6 Å².